The third-order valence-corrected chi connectivity index (χ3v) is 5.12. The highest BCUT2D eigenvalue weighted by Crippen LogP contribution is 2.28. The molecule has 3 heterocycles. The number of carbonyl (C=O) groups excluding carboxylic acids is 1. The van der Waals surface area contributed by atoms with Crippen LogP contribution in [-0.2, 0) is 16.1 Å². The van der Waals surface area contributed by atoms with Crippen LogP contribution in [0.25, 0.3) is 0 Å². The maximum Gasteiger partial charge on any atom is 0.219 e. The minimum Gasteiger partial charge on any atom is -0.377 e. The van der Waals surface area contributed by atoms with E-state index in [0.717, 1.165) is 39.2 Å². The number of hydrogen-bond acceptors (Lipinski definition) is 3. The summed E-state index contributed by atoms with van der Waals surface area (Å²) in [6.45, 7) is 7.30. The average molecular weight is 316 g/mol. The molecule has 1 aromatic rings. The van der Waals surface area contributed by atoms with E-state index in [9.17, 15) is 4.79 Å². The Morgan fingerprint density at radius 1 is 1.17 bits per heavy atom. The second kappa shape index (κ2) is 7.93. The SMILES string of the molecule is CC(=O)N1C[C@@H]2CC[C@H](C1)N(CCCOCc1ccccc1)C2. The normalized spacial score (nSPS) is 24.7. The summed E-state index contributed by atoms with van der Waals surface area (Å²) in [5, 5.41) is 0. The van der Waals surface area contributed by atoms with E-state index in [1.165, 1.54) is 18.4 Å². The molecule has 126 valence electrons. The molecule has 4 heteroatoms. The summed E-state index contributed by atoms with van der Waals surface area (Å²) in [4.78, 5) is 16.3. The van der Waals surface area contributed by atoms with Gasteiger partial charge in [-0.2, -0.15) is 0 Å². The zero-order chi connectivity index (χ0) is 16.1. The fourth-order valence-corrected chi connectivity index (χ4v) is 3.84. The second-order valence-corrected chi connectivity index (χ2v) is 6.91. The Bertz CT molecular complexity index is 505. The van der Waals surface area contributed by atoms with Gasteiger partial charge in [0, 0.05) is 45.8 Å². The third-order valence-electron chi connectivity index (χ3n) is 5.12. The molecule has 0 aliphatic carbocycles. The highest BCUT2D eigenvalue weighted by molar-refractivity contribution is 5.73. The predicted molar refractivity (Wildman–Crippen MR) is 91.1 cm³/mol. The number of ether oxygens (including phenoxy) is 1. The van der Waals surface area contributed by atoms with Crippen LogP contribution in [0.5, 0.6) is 0 Å². The van der Waals surface area contributed by atoms with Gasteiger partial charge in [-0.25, -0.2) is 0 Å². The molecule has 2 bridgehead atoms. The van der Waals surface area contributed by atoms with Crippen LogP contribution in [0.2, 0.25) is 0 Å². The topological polar surface area (TPSA) is 32.8 Å². The summed E-state index contributed by atoms with van der Waals surface area (Å²) in [6, 6.07) is 10.9. The van der Waals surface area contributed by atoms with E-state index in [1.54, 1.807) is 6.92 Å². The minimum absolute atomic E-state index is 0.231. The van der Waals surface area contributed by atoms with Gasteiger partial charge in [-0.3, -0.25) is 9.69 Å². The molecule has 3 aliphatic heterocycles. The predicted octanol–water partition coefficient (Wildman–Crippen LogP) is 2.54. The lowest BCUT2D eigenvalue weighted by atomic mass is 9.95. The van der Waals surface area contributed by atoms with E-state index >= 15 is 0 Å². The monoisotopic (exact) mass is 316 g/mol. The Kier molecular flexibility index (Phi) is 5.68. The van der Waals surface area contributed by atoms with Gasteiger partial charge in [-0.15, -0.1) is 0 Å². The maximum absolute atomic E-state index is 11.7. The third kappa shape index (κ3) is 4.55. The second-order valence-electron chi connectivity index (χ2n) is 6.91. The molecule has 0 saturated carbocycles. The first-order valence-electron chi connectivity index (χ1n) is 8.83. The van der Waals surface area contributed by atoms with E-state index in [4.69, 9.17) is 4.74 Å². The molecule has 4 rings (SSSR count). The molecule has 3 saturated heterocycles. The molecule has 23 heavy (non-hydrogen) atoms. The van der Waals surface area contributed by atoms with Crippen LogP contribution in [0.1, 0.15) is 31.7 Å². The van der Waals surface area contributed by atoms with Crippen LogP contribution in [0.15, 0.2) is 30.3 Å². The number of hydrogen-bond donors (Lipinski definition) is 0. The smallest absolute Gasteiger partial charge is 0.219 e. The molecular formula is C19H28N2O2. The van der Waals surface area contributed by atoms with Crippen LogP contribution >= 0.6 is 0 Å². The number of fused-ring (bicyclic) bond motifs is 4. The van der Waals surface area contributed by atoms with Crippen molar-refractivity contribution in [2.45, 2.75) is 38.8 Å². The van der Waals surface area contributed by atoms with Crippen molar-refractivity contribution < 1.29 is 9.53 Å². The average Bonchev–Trinajstić information content (AvgIpc) is 2.87. The van der Waals surface area contributed by atoms with Gasteiger partial charge in [-0.1, -0.05) is 30.3 Å². The molecule has 1 amide bonds. The summed E-state index contributed by atoms with van der Waals surface area (Å²) in [5.41, 5.74) is 1.23. The van der Waals surface area contributed by atoms with Gasteiger partial charge in [0.2, 0.25) is 5.91 Å². The quantitative estimate of drug-likeness (QED) is 0.756. The van der Waals surface area contributed by atoms with Crippen LogP contribution in [0, 0.1) is 5.92 Å². The minimum atomic E-state index is 0.231. The van der Waals surface area contributed by atoms with E-state index in [2.05, 4.69) is 17.0 Å². The van der Waals surface area contributed by atoms with E-state index in [0.29, 0.717) is 18.6 Å². The van der Waals surface area contributed by atoms with E-state index in [-0.39, 0.29) is 5.91 Å². The molecular weight excluding hydrogens is 288 g/mol. The summed E-state index contributed by atoms with van der Waals surface area (Å²) >= 11 is 0. The molecule has 0 aromatic heterocycles. The fourth-order valence-electron chi connectivity index (χ4n) is 3.84. The molecule has 4 nitrogen and oxygen atoms in total. The van der Waals surface area contributed by atoms with Crippen molar-refractivity contribution in [3.8, 4) is 0 Å². The molecule has 1 aromatic carbocycles. The van der Waals surface area contributed by atoms with Crippen molar-refractivity contribution in [1.29, 1.82) is 0 Å². The Hall–Kier alpha value is -1.39. The number of amides is 1. The maximum atomic E-state index is 11.7. The van der Waals surface area contributed by atoms with E-state index < -0.39 is 0 Å². The lowest BCUT2D eigenvalue weighted by Crippen LogP contribution is -2.44. The first-order chi connectivity index (χ1) is 11.2. The molecule has 3 fully saturated rings. The summed E-state index contributed by atoms with van der Waals surface area (Å²) < 4.78 is 5.79. The van der Waals surface area contributed by atoms with Crippen LogP contribution in [0.3, 0.4) is 0 Å². The van der Waals surface area contributed by atoms with Crippen molar-refractivity contribution in [3.63, 3.8) is 0 Å². The first kappa shape index (κ1) is 16.5. The molecule has 0 radical (unpaired) electrons. The summed E-state index contributed by atoms with van der Waals surface area (Å²) in [6.07, 6.45) is 3.57. The van der Waals surface area contributed by atoms with Crippen LogP contribution in [-0.4, -0.2) is 54.5 Å². The van der Waals surface area contributed by atoms with Gasteiger partial charge in [0.1, 0.15) is 0 Å². The lowest BCUT2D eigenvalue weighted by Gasteiger charge is -2.35. The van der Waals surface area contributed by atoms with Crippen molar-refractivity contribution in [2.75, 3.05) is 32.8 Å². The Morgan fingerprint density at radius 3 is 2.78 bits per heavy atom. The molecule has 0 spiro atoms. The fraction of sp³-hybridized carbons (Fsp3) is 0.632. The van der Waals surface area contributed by atoms with E-state index in [1.807, 2.05) is 23.1 Å². The standard InChI is InChI=1S/C19H28N2O2/c1-16(22)21-13-18-8-9-19(14-21)20(12-18)10-5-11-23-15-17-6-3-2-4-7-17/h2-4,6-7,18-19H,5,8-15H2,1H3/t18-,19-/m1/s1. The van der Waals surface area contributed by atoms with Gasteiger partial charge < -0.3 is 9.64 Å². The zero-order valence-corrected chi connectivity index (χ0v) is 14.1. The first-order valence-corrected chi connectivity index (χ1v) is 8.83. The molecule has 2 atom stereocenters. The molecule has 3 aliphatic rings. The number of benzene rings is 1. The number of carbonyl (C=O) groups is 1. The number of nitrogens with zero attached hydrogens (tertiary/aromatic N) is 2. The summed E-state index contributed by atoms with van der Waals surface area (Å²) in [5.74, 6) is 0.887. The Balaban J connectivity index is 1.40. The van der Waals surface area contributed by atoms with Gasteiger partial charge in [0.25, 0.3) is 0 Å². The van der Waals surface area contributed by atoms with Crippen molar-refractivity contribution in [2.24, 2.45) is 5.92 Å². The Labute approximate surface area is 139 Å². The number of piperidine rings is 1. The molecule has 0 unspecified atom stereocenters. The van der Waals surface area contributed by atoms with Crippen molar-refractivity contribution in [3.05, 3.63) is 35.9 Å². The highest BCUT2D eigenvalue weighted by atomic mass is 16.5. The zero-order valence-electron chi connectivity index (χ0n) is 14.1. The summed E-state index contributed by atoms with van der Waals surface area (Å²) in [7, 11) is 0. The van der Waals surface area contributed by atoms with Crippen molar-refractivity contribution in [1.82, 2.24) is 9.80 Å². The van der Waals surface area contributed by atoms with Gasteiger partial charge in [0.15, 0.2) is 0 Å². The van der Waals surface area contributed by atoms with Gasteiger partial charge in [-0.05, 0) is 30.7 Å². The van der Waals surface area contributed by atoms with Gasteiger partial charge in [0.05, 0.1) is 6.61 Å². The number of rotatable bonds is 6. The lowest BCUT2D eigenvalue weighted by molar-refractivity contribution is -0.129. The largest absolute Gasteiger partial charge is 0.377 e. The van der Waals surface area contributed by atoms with Gasteiger partial charge >= 0.3 is 0 Å². The highest BCUT2D eigenvalue weighted by Gasteiger charge is 2.35. The van der Waals surface area contributed by atoms with Crippen LogP contribution < -0.4 is 0 Å². The van der Waals surface area contributed by atoms with Crippen molar-refractivity contribution >= 4 is 5.91 Å². The van der Waals surface area contributed by atoms with Crippen LogP contribution in [0.4, 0.5) is 0 Å². The Morgan fingerprint density at radius 2 is 2.00 bits per heavy atom. The molecule has 0 N–H and O–H groups in total.